The summed E-state index contributed by atoms with van der Waals surface area (Å²) < 4.78 is 9.72. The zero-order valence-electron chi connectivity index (χ0n) is 4.89. The molecular formula is C5H8N2O2. The van der Waals surface area contributed by atoms with Crippen LogP contribution in [0.25, 0.3) is 0 Å². The number of hydrogen-bond donors (Lipinski definition) is 2. The van der Waals surface area contributed by atoms with Crippen LogP contribution in [0.15, 0.2) is 12.0 Å². The second kappa shape index (κ2) is 2.39. The van der Waals surface area contributed by atoms with Crippen LogP contribution >= 0.6 is 0 Å². The highest BCUT2D eigenvalue weighted by atomic mass is 16.6. The van der Waals surface area contributed by atoms with Gasteiger partial charge in [0, 0.05) is 6.20 Å². The standard InChI is InChI=1S/C5H8N2O2/c6-3-4-5(7)9-2-1-8-4/h3,7H,1-2,6H2/b4-3+,7-5?. The van der Waals surface area contributed by atoms with Crippen LogP contribution in [-0.2, 0) is 9.47 Å². The van der Waals surface area contributed by atoms with Gasteiger partial charge in [0.05, 0.1) is 0 Å². The molecule has 1 aliphatic heterocycles. The van der Waals surface area contributed by atoms with Crippen molar-refractivity contribution in [2.45, 2.75) is 0 Å². The third-order valence-electron chi connectivity index (χ3n) is 0.962. The summed E-state index contributed by atoms with van der Waals surface area (Å²) >= 11 is 0. The summed E-state index contributed by atoms with van der Waals surface area (Å²) in [5, 5.41) is 7.05. The smallest absolute Gasteiger partial charge is 0.251 e. The molecule has 3 N–H and O–H groups in total. The number of nitrogens with two attached hydrogens (primary N) is 1. The molecule has 0 atom stereocenters. The van der Waals surface area contributed by atoms with Gasteiger partial charge in [0.25, 0.3) is 5.90 Å². The minimum Gasteiger partial charge on any atom is -0.483 e. The zero-order valence-corrected chi connectivity index (χ0v) is 4.89. The van der Waals surface area contributed by atoms with E-state index >= 15 is 0 Å². The number of nitrogens with one attached hydrogen (secondary N) is 1. The molecule has 1 saturated heterocycles. The van der Waals surface area contributed by atoms with E-state index in [1.807, 2.05) is 0 Å². The Balaban J connectivity index is 2.60. The predicted molar refractivity (Wildman–Crippen MR) is 31.9 cm³/mol. The van der Waals surface area contributed by atoms with Crippen LogP contribution in [0.5, 0.6) is 0 Å². The molecule has 0 unspecified atom stereocenters. The van der Waals surface area contributed by atoms with Gasteiger partial charge in [-0.25, -0.2) is 0 Å². The lowest BCUT2D eigenvalue weighted by atomic mass is 10.5. The molecule has 4 nitrogen and oxygen atoms in total. The Morgan fingerprint density at radius 1 is 1.44 bits per heavy atom. The second-order valence-electron chi connectivity index (χ2n) is 1.56. The highest BCUT2D eigenvalue weighted by Crippen LogP contribution is 2.04. The molecule has 50 valence electrons. The van der Waals surface area contributed by atoms with Gasteiger partial charge in [-0.2, -0.15) is 0 Å². The van der Waals surface area contributed by atoms with Gasteiger partial charge >= 0.3 is 0 Å². The summed E-state index contributed by atoms with van der Waals surface area (Å²) in [5.74, 6) is 0.338. The quantitative estimate of drug-likeness (QED) is 0.475. The summed E-state index contributed by atoms with van der Waals surface area (Å²) in [6.07, 6.45) is 1.22. The fourth-order valence-corrected chi connectivity index (χ4v) is 0.556. The SMILES string of the molecule is N=C1OCCO/C1=C/N. The van der Waals surface area contributed by atoms with Gasteiger partial charge in [-0.1, -0.05) is 0 Å². The normalized spacial score (nSPS) is 23.1. The minimum atomic E-state index is 0.0174. The van der Waals surface area contributed by atoms with Crippen molar-refractivity contribution in [3.8, 4) is 0 Å². The average Bonchev–Trinajstić information content (AvgIpc) is 1.89. The third kappa shape index (κ3) is 1.13. The topological polar surface area (TPSA) is 68.3 Å². The van der Waals surface area contributed by atoms with Crippen LogP contribution in [0.1, 0.15) is 0 Å². The van der Waals surface area contributed by atoms with Crippen molar-refractivity contribution in [2.75, 3.05) is 13.2 Å². The maximum absolute atomic E-state index is 7.05. The second-order valence-corrected chi connectivity index (χ2v) is 1.56. The van der Waals surface area contributed by atoms with Crippen LogP contribution in [0.4, 0.5) is 0 Å². The van der Waals surface area contributed by atoms with E-state index in [0.717, 1.165) is 0 Å². The Bertz CT molecular complexity index is 153. The van der Waals surface area contributed by atoms with Gasteiger partial charge in [0.15, 0.2) is 5.76 Å². The molecule has 1 fully saturated rings. The summed E-state index contributed by atoms with van der Waals surface area (Å²) in [5.41, 5.74) is 5.09. The van der Waals surface area contributed by atoms with E-state index in [4.69, 9.17) is 20.6 Å². The Morgan fingerprint density at radius 2 is 2.11 bits per heavy atom. The van der Waals surface area contributed by atoms with Gasteiger partial charge in [-0.05, 0) is 0 Å². The fraction of sp³-hybridized carbons (Fsp3) is 0.400. The maximum atomic E-state index is 7.05. The number of ether oxygens (including phenoxy) is 2. The van der Waals surface area contributed by atoms with E-state index in [1.165, 1.54) is 6.20 Å². The lowest BCUT2D eigenvalue weighted by molar-refractivity contribution is 0.115. The molecule has 0 amide bonds. The van der Waals surface area contributed by atoms with Crippen molar-refractivity contribution < 1.29 is 9.47 Å². The number of hydrogen-bond acceptors (Lipinski definition) is 4. The summed E-state index contributed by atoms with van der Waals surface area (Å²) in [6, 6.07) is 0. The van der Waals surface area contributed by atoms with E-state index in [0.29, 0.717) is 19.0 Å². The first kappa shape index (κ1) is 5.94. The van der Waals surface area contributed by atoms with Crippen molar-refractivity contribution in [2.24, 2.45) is 5.73 Å². The van der Waals surface area contributed by atoms with Crippen molar-refractivity contribution >= 4 is 5.90 Å². The molecular weight excluding hydrogens is 120 g/mol. The van der Waals surface area contributed by atoms with E-state index in [1.54, 1.807) is 0 Å². The van der Waals surface area contributed by atoms with Crippen LogP contribution in [0.3, 0.4) is 0 Å². The highest BCUT2D eigenvalue weighted by Gasteiger charge is 2.12. The largest absolute Gasteiger partial charge is 0.483 e. The van der Waals surface area contributed by atoms with Gasteiger partial charge in [0.2, 0.25) is 0 Å². The van der Waals surface area contributed by atoms with Gasteiger partial charge in [-0.15, -0.1) is 0 Å². The molecule has 1 aliphatic rings. The molecule has 0 aliphatic carbocycles. The van der Waals surface area contributed by atoms with E-state index in [9.17, 15) is 0 Å². The predicted octanol–water partition coefficient (Wildman–Crippen LogP) is -0.189. The minimum absolute atomic E-state index is 0.0174. The molecule has 0 aromatic heterocycles. The van der Waals surface area contributed by atoms with E-state index < -0.39 is 0 Å². The van der Waals surface area contributed by atoms with Crippen LogP contribution < -0.4 is 5.73 Å². The fourth-order valence-electron chi connectivity index (χ4n) is 0.556. The Kier molecular flexibility index (Phi) is 1.58. The van der Waals surface area contributed by atoms with Gasteiger partial charge in [0.1, 0.15) is 13.2 Å². The molecule has 4 heteroatoms. The van der Waals surface area contributed by atoms with Crippen LogP contribution in [-0.4, -0.2) is 19.1 Å². The third-order valence-corrected chi connectivity index (χ3v) is 0.962. The van der Waals surface area contributed by atoms with Crippen molar-refractivity contribution in [1.29, 1.82) is 5.41 Å². The van der Waals surface area contributed by atoms with E-state index in [-0.39, 0.29) is 5.90 Å². The first-order valence-electron chi connectivity index (χ1n) is 2.61. The van der Waals surface area contributed by atoms with Crippen molar-refractivity contribution in [1.82, 2.24) is 0 Å². The average molecular weight is 128 g/mol. The molecule has 0 radical (unpaired) electrons. The molecule has 0 aromatic rings. The van der Waals surface area contributed by atoms with Gasteiger partial charge < -0.3 is 15.2 Å². The first-order chi connectivity index (χ1) is 4.34. The zero-order chi connectivity index (χ0) is 6.69. The Morgan fingerprint density at radius 3 is 2.56 bits per heavy atom. The molecule has 1 heterocycles. The lowest BCUT2D eigenvalue weighted by Crippen LogP contribution is -2.21. The first-order valence-corrected chi connectivity index (χ1v) is 2.61. The highest BCUT2D eigenvalue weighted by molar-refractivity contribution is 5.89. The summed E-state index contributed by atoms with van der Waals surface area (Å²) in [7, 11) is 0. The van der Waals surface area contributed by atoms with Crippen molar-refractivity contribution in [3.05, 3.63) is 12.0 Å². The summed E-state index contributed by atoms with van der Waals surface area (Å²) in [4.78, 5) is 0. The Labute approximate surface area is 52.8 Å². The van der Waals surface area contributed by atoms with Gasteiger partial charge in [-0.3, -0.25) is 5.41 Å². The molecule has 0 aromatic carbocycles. The monoisotopic (exact) mass is 128 g/mol. The van der Waals surface area contributed by atoms with Crippen molar-refractivity contribution in [3.63, 3.8) is 0 Å². The molecule has 9 heavy (non-hydrogen) atoms. The van der Waals surface area contributed by atoms with Crippen LogP contribution in [0, 0.1) is 5.41 Å². The Hall–Kier alpha value is -1.19. The molecule has 0 spiro atoms. The molecule has 1 rings (SSSR count). The van der Waals surface area contributed by atoms with Crippen LogP contribution in [0.2, 0.25) is 0 Å². The summed E-state index contributed by atoms with van der Waals surface area (Å²) in [6.45, 7) is 0.918. The molecule has 0 saturated carbocycles. The number of rotatable bonds is 0. The maximum Gasteiger partial charge on any atom is 0.251 e. The lowest BCUT2D eigenvalue weighted by Gasteiger charge is -2.16. The van der Waals surface area contributed by atoms with E-state index in [2.05, 4.69) is 0 Å². The molecule has 0 bridgehead atoms.